The lowest BCUT2D eigenvalue weighted by Crippen LogP contribution is -2.43. The third kappa shape index (κ3) is 3.64. The van der Waals surface area contributed by atoms with Crippen molar-refractivity contribution in [2.45, 2.75) is 11.3 Å². The molecule has 1 aliphatic rings. The van der Waals surface area contributed by atoms with Crippen molar-refractivity contribution in [3.05, 3.63) is 24.3 Å². The molecule has 0 unspecified atom stereocenters. The zero-order valence-corrected chi connectivity index (χ0v) is 11.6. The number of hydrogen-bond acceptors (Lipinski definition) is 4. The van der Waals surface area contributed by atoms with Gasteiger partial charge < -0.3 is 10.2 Å². The molecule has 5 nitrogen and oxygen atoms in total. The molecule has 2 N–H and O–H groups in total. The van der Waals surface area contributed by atoms with Crippen LogP contribution in [0.3, 0.4) is 0 Å². The first-order valence-electron chi connectivity index (χ1n) is 6.19. The summed E-state index contributed by atoms with van der Waals surface area (Å²) in [5.41, 5.74) is 1.07. The number of nitrogens with one attached hydrogen (secondary N) is 2. The van der Waals surface area contributed by atoms with Crippen molar-refractivity contribution >= 4 is 29.4 Å². The molecule has 6 heteroatoms. The van der Waals surface area contributed by atoms with Gasteiger partial charge in [-0.3, -0.25) is 10.1 Å². The molecule has 2 rings (SSSR count). The number of para-hydroxylation sites is 1. The Labute approximate surface area is 116 Å². The van der Waals surface area contributed by atoms with E-state index in [0.29, 0.717) is 0 Å². The predicted molar refractivity (Wildman–Crippen MR) is 76.6 cm³/mol. The van der Waals surface area contributed by atoms with Crippen molar-refractivity contribution in [2.24, 2.45) is 0 Å². The van der Waals surface area contributed by atoms with Crippen molar-refractivity contribution in [2.75, 3.05) is 30.8 Å². The molecular weight excluding hydrogens is 262 g/mol. The van der Waals surface area contributed by atoms with Gasteiger partial charge in [0.2, 0.25) is 5.91 Å². The molecule has 1 heterocycles. The number of carbonyl (C=O) groups excluding carboxylic acids is 2. The lowest BCUT2D eigenvalue weighted by molar-refractivity contribution is -0.118. The second-order valence-electron chi connectivity index (χ2n) is 4.22. The molecule has 1 aromatic rings. The van der Waals surface area contributed by atoms with E-state index in [2.05, 4.69) is 16.7 Å². The topological polar surface area (TPSA) is 61.4 Å². The second kappa shape index (κ2) is 6.47. The van der Waals surface area contributed by atoms with Gasteiger partial charge in [0.25, 0.3) is 0 Å². The van der Waals surface area contributed by atoms with Gasteiger partial charge in [0, 0.05) is 18.5 Å². The summed E-state index contributed by atoms with van der Waals surface area (Å²) in [6.45, 7) is 1.02. The smallest absolute Gasteiger partial charge is 0.321 e. The van der Waals surface area contributed by atoms with Crippen molar-refractivity contribution < 1.29 is 9.59 Å². The normalized spacial score (nSPS) is 14.3. The zero-order chi connectivity index (χ0) is 13.7. The molecular formula is C13H17N3O2S. The van der Waals surface area contributed by atoms with Crippen LogP contribution in [0, 0.1) is 0 Å². The van der Waals surface area contributed by atoms with Crippen LogP contribution in [0.5, 0.6) is 0 Å². The monoisotopic (exact) mass is 279 g/mol. The van der Waals surface area contributed by atoms with Crippen LogP contribution >= 0.6 is 11.8 Å². The Morgan fingerprint density at radius 1 is 1.37 bits per heavy atom. The van der Waals surface area contributed by atoms with Crippen LogP contribution in [-0.2, 0) is 4.79 Å². The number of amides is 3. The Balaban J connectivity index is 2.07. The quantitative estimate of drug-likeness (QED) is 0.860. The molecule has 19 heavy (non-hydrogen) atoms. The Kier molecular flexibility index (Phi) is 4.68. The van der Waals surface area contributed by atoms with E-state index in [1.807, 2.05) is 23.1 Å². The third-order valence-corrected chi connectivity index (χ3v) is 4.00. The minimum atomic E-state index is -0.470. The molecule has 102 valence electrons. The van der Waals surface area contributed by atoms with E-state index < -0.39 is 6.03 Å². The first-order valence-corrected chi connectivity index (χ1v) is 7.17. The summed E-state index contributed by atoms with van der Waals surface area (Å²) in [6, 6.07) is 7.58. The van der Waals surface area contributed by atoms with E-state index in [0.717, 1.165) is 24.4 Å². The van der Waals surface area contributed by atoms with Crippen molar-refractivity contribution in [1.82, 2.24) is 10.6 Å². The van der Waals surface area contributed by atoms with Gasteiger partial charge in [-0.1, -0.05) is 12.1 Å². The zero-order valence-electron chi connectivity index (χ0n) is 10.8. The number of rotatable bonds is 2. The van der Waals surface area contributed by atoms with Crippen LogP contribution in [-0.4, -0.2) is 37.8 Å². The van der Waals surface area contributed by atoms with Crippen molar-refractivity contribution in [3.8, 4) is 0 Å². The number of anilines is 1. The highest BCUT2D eigenvalue weighted by molar-refractivity contribution is 7.99. The Hall–Kier alpha value is -1.69. The maximum atomic E-state index is 11.8. The van der Waals surface area contributed by atoms with Crippen LogP contribution in [0.1, 0.15) is 6.42 Å². The van der Waals surface area contributed by atoms with E-state index in [4.69, 9.17) is 0 Å². The summed E-state index contributed by atoms with van der Waals surface area (Å²) in [6.07, 6.45) is 1.02. The SMILES string of the molecule is CNC(=O)NC(=O)CN1CCCSc2ccccc21. The minimum Gasteiger partial charge on any atom is -0.361 e. The third-order valence-electron chi connectivity index (χ3n) is 2.85. The van der Waals surface area contributed by atoms with E-state index in [9.17, 15) is 9.59 Å². The Morgan fingerprint density at radius 3 is 2.95 bits per heavy atom. The molecule has 3 amide bonds. The summed E-state index contributed by atoms with van der Waals surface area (Å²) in [4.78, 5) is 26.1. The van der Waals surface area contributed by atoms with Gasteiger partial charge in [-0.05, 0) is 24.3 Å². The molecule has 1 aromatic carbocycles. The Bertz CT molecular complexity index is 479. The lowest BCUT2D eigenvalue weighted by Gasteiger charge is -2.23. The number of urea groups is 1. The molecule has 0 bridgehead atoms. The molecule has 0 atom stereocenters. The Morgan fingerprint density at radius 2 is 2.16 bits per heavy atom. The summed E-state index contributed by atoms with van der Waals surface area (Å²) >= 11 is 1.81. The first-order chi connectivity index (χ1) is 9.20. The number of hydrogen-bond donors (Lipinski definition) is 2. The predicted octanol–water partition coefficient (Wildman–Crippen LogP) is 1.44. The van der Waals surface area contributed by atoms with Gasteiger partial charge in [0.15, 0.2) is 0 Å². The van der Waals surface area contributed by atoms with E-state index in [1.165, 1.54) is 11.9 Å². The number of imide groups is 1. The van der Waals surface area contributed by atoms with Gasteiger partial charge in [-0.25, -0.2) is 4.79 Å². The fourth-order valence-corrected chi connectivity index (χ4v) is 2.98. The average molecular weight is 279 g/mol. The van der Waals surface area contributed by atoms with Gasteiger partial charge in [0.1, 0.15) is 0 Å². The molecule has 0 spiro atoms. The van der Waals surface area contributed by atoms with Gasteiger partial charge in [0.05, 0.1) is 12.2 Å². The summed E-state index contributed by atoms with van der Waals surface area (Å²) < 4.78 is 0. The van der Waals surface area contributed by atoms with Crippen LogP contribution < -0.4 is 15.5 Å². The van der Waals surface area contributed by atoms with E-state index in [-0.39, 0.29) is 12.5 Å². The lowest BCUT2D eigenvalue weighted by atomic mass is 10.2. The molecule has 0 saturated carbocycles. The maximum Gasteiger partial charge on any atom is 0.321 e. The number of fused-ring (bicyclic) bond motifs is 1. The van der Waals surface area contributed by atoms with Crippen LogP contribution in [0.4, 0.5) is 10.5 Å². The van der Waals surface area contributed by atoms with Gasteiger partial charge in [-0.15, -0.1) is 11.8 Å². The highest BCUT2D eigenvalue weighted by Crippen LogP contribution is 2.33. The number of benzene rings is 1. The van der Waals surface area contributed by atoms with E-state index in [1.54, 1.807) is 11.8 Å². The molecule has 0 fully saturated rings. The number of carbonyl (C=O) groups is 2. The first kappa shape index (κ1) is 13.7. The molecule has 0 saturated heterocycles. The van der Waals surface area contributed by atoms with Crippen LogP contribution in [0.25, 0.3) is 0 Å². The fraction of sp³-hybridized carbons (Fsp3) is 0.385. The van der Waals surface area contributed by atoms with Crippen molar-refractivity contribution in [3.63, 3.8) is 0 Å². The summed E-state index contributed by atoms with van der Waals surface area (Å²) in [5, 5.41) is 4.66. The minimum absolute atomic E-state index is 0.199. The molecule has 0 aliphatic carbocycles. The van der Waals surface area contributed by atoms with Crippen LogP contribution in [0.2, 0.25) is 0 Å². The molecule has 0 aromatic heterocycles. The van der Waals surface area contributed by atoms with Crippen LogP contribution in [0.15, 0.2) is 29.2 Å². The standard InChI is InChI=1S/C13H17N3O2S/c1-14-13(18)15-12(17)9-16-7-4-8-19-11-6-3-2-5-10(11)16/h2-3,5-6H,4,7-9H2,1H3,(H2,14,15,17,18). The van der Waals surface area contributed by atoms with Gasteiger partial charge >= 0.3 is 6.03 Å². The van der Waals surface area contributed by atoms with E-state index >= 15 is 0 Å². The number of thioether (sulfide) groups is 1. The highest BCUT2D eigenvalue weighted by atomic mass is 32.2. The highest BCUT2D eigenvalue weighted by Gasteiger charge is 2.18. The summed E-state index contributed by atoms with van der Waals surface area (Å²) in [5.74, 6) is 0.756. The van der Waals surface area contributed by atoms with Crippen molar-refractivity contribution in [1.29, 1.82) is 0 Å². The second-order valence-corrected chi connectivity index (χ2v) is 5.36. The fourth-order valence-electron chi connectivity index (χ4n) is 1.96. The average Bonchev–Trinajstić information content (AvgIpc) is 2.61. The molecule has 0 radical (unpaired) electrons. The largest absolute Gasteiger partial charge is 0.361 e. The summed E-state index contributed by atoms with van der Waals surface area (Å²) in [7, 11) is 1.49. The number of nitrogens with zero attached hydrogens (tertiary/aromatic N) is 1. The molecule has 1 aliphatic heterocycles. The van der Waals surface area contributed by atoms with Gasteiger partial charge in [-0.2, -0.15) is 0 Å². The maximum absolute atomic E-state index is 11.8.